The first-order valence-corrected chi connectivity index (χ1v) is 2.40. The maximum Gasteiger partial charge on any atom is 3.00 e. The Morgan fingerprint density at radius 1 is 1.57 bits per heavy atom. The molecule has 1 nitrogen and oxygen atoms in total. The van der Waals surface area contributed by atoms with Gasteiger partial charge in [0.25, 0.3) is 0 Å². The second kappa shape index (κ2) is 5.26. The molecule has 0 fully saturated rings. The standard InChI is InChI=1S/C3H7NS2.Bi/c1-4(2)3(5)6;/h1-2H3,(H,5,6);/q;+3. The van der Waals surface area contributed by atoms with Crippen LogP contribution in [-0.2, 0) is 0 Å². The number of hydrogen-bond donors (Lipinski definition) is 1. The molecule has 0 saturated heterocycles. The summed E-state index contributed by atoms with van der Waals surface area (Å²) in [6.45, 7) is 0. The molecule has 38 valence electrons. The zero-order valence-electron chi connectivity index (χ0n) is 4.25. The summed E-state index contributed by atoms with van der Waals surface area (Å²) in [4.78, 5) is 1.76. The summed E-state index contributed by atoms with van der Waals surface area (Å²) in [5.41, 5.74) is 0. The molecule has 0 heterocycles. The maximum absolute atomic E-state index is 4.61. The predicted molar refractivity (Wildman–Crippen MR) is 41.0 cm³/mol. The van der Waals surface area contributed by atoms with E-state index in [1.54, 1.807) is 4.90 Å². The van der Waals surface area contributed by atoms with Gasteiger partial charge in [0.1, 0.15) is 4.32 Å². The van der Waals surface area contributed by atoms with Gasteiger partial charge in [-0.3, -0.25) is 0 Å². The first kappa shape index (κ1) is 11.0. The second-order valence-corrected chi connectivity index (χ2v) is 2.29. The monoisotopic (exact) mass is 330 g/mol. The third-order valence-electron chi connectivity index (χ3n) is 0.383. The average molecular weight is 330 g/mol. The van der Waals surface area contributed by atoms with Crippen molar-refractivity contribution >= 4 is 55.4 Å². The molecule has 0 aliphatic carbocycles. The Morgan fingerprint density at radius 2 is 1.71 bits per heavy atom. The van der Waals surface area contributed by atoms with Crippen molar-refractivity contribution in [2.24, 2.45) is 0 Å². The van der Waals surface area contributed by atoms with Gasteiger partial charge in [-0.25, -0.2) is 0 Å². The van der Waals surface area contributed by atoms with Gasteiger partial charge in [-0.1, -0.05) is 12.2 Å². The summed E-state index contributed by atoms with van der Waals surface area (Å²) in [5, 5.41) is 0. The molecule has 0 amide bonds. The topological polar surface area (TPSA) is 3.24 Å². The van der Waals surface area contributed by atoms with Crippen molar-refractivity contribution in [3.63, 3.8) is 0 Å². The number of rotatable bonds is 0. The Hall–Kier alpha value is 1.12. The Bertz CT molecular complexity index is 64.0. The molecule has 0 unspecified atom stereocenters. The zero-order valence-corrected chi connectivity index (χ0v) is 9.44. The van der Waals surface area contributed by atoms with Crippen LogP contribution in [0.3, 0.4) is 0 Å². The van der Waals surface area contributed by atoms with E-state index in [0.717, 1.165) is 0 Å². The molecule has 0 saturated carbocycles. The number of hydrogen-bond acceptors (Lipinski definition) is 1. The van der Waals surface area contributed by atoms with E-state index in [-0.39, 0.29) is 26.2 Å². The van der Waals surface area contributed by atoms with Gasteiger partial charge in [0.2, 0.25) is 0 Å². The SMILES string of the molecule is CN(C)C(=S)S.[Bi+3]. The summed E-state index contributed by atoms with van der Waals surface area (Å²) in [7, 11) is 3.71. The molecule has 2 radical (unpaired) electrons. The molecule has 0 spiro atoms. The van der Waals surface area contributed by atoms with E-state index in [4.69, 9.17) is 0 Å². The summed E-state index contributed by atoms with van der Waals surface area (Å²) in [6.07, 6.45) is 0. The van der Waals surface area contributed by atoms with E-state index in [2.05, 4.69) is 24.8 Å². The smallest absolute Gasteiger partial charge is 0.364 e. The molecular formula is C3H7BiNS2+3. The minimum absolute atomic E-state index is 0. The van der Waals surface area contributed by atoms with Crippen LogP contribution in [0.25, 0.3) is 0 Å². The molecule has 0 aromatic heterocycles. The van der Waals surface area contributed by atoms with Gasteiger partial charge in [0, 0.05) is 14.1 Å². The van der Waals surface area contributed by atoms with Crippen LogP contribution in [0.4, 0.5) is 0 Å². The van der Waals surface area contributed by atoms with Crippen molar-refractivity contribution in [1.82, 2.24) is 4.90 Å². The van der Waals surface area contributed by atoms with Gasteiger partial charge in [0.15, 0.2) is 0 Å². The van der Waals surface area contributed by atoms with Crippen molar-refractivity contribution < 1.29 is 0 Å². The minimum Gasteiger partial charge on any atom is -0.364 e. The third-order valence-corrected chi connectivity index (χ3v) is 1.15. The van der Waals surface area contributed by atoms with Crippen molar-refractivity contribution in [2.45, 2.75) is 0 Å². The quantitative estimate of drug-likeness (QED) is 0.389. The third kappa shape index (κ3) is 7.12. The second-order valence-electron chi connectivity index (χ2n) is 1.18. The van der Waals surface area contributed by atoms with Crippen molar-refractivity contribution in [1.29, 1.82) is 0 Å². The molecule has 4 heteroatoms. The van der Waals surface area contributed by atoms with Crippen LogP contribution in [0.2, 0.25) is 0 Å². The molecule has 0 aromatic carbocycles. The first-order valence-electron chi connectivity index (χ1n) is 1.55. The van der Waals surface area contributed by atoms with E-state index < -0.39 is 0 Å². The minimum atomic E-state index is 0. The van der Waals surface area contributed by atoms with Gasteiger partial charge < -0.3 is 4.90 Å². The van der Waals surface area contributed by atoms with E-state index in [1.165, 1.54) is 0 Å². The summed E-state index contributed by atoms with van der Waals surface area (Å²) in [5.74, 6) is 0. The van der Waals surface area contributed by atoms with Crippen molar-refractivity contribution in [2.75, 3.05) is 14.1 Å². The van der Waals surface area contributed by atoms with E-state index in [0.29, 0.717) is 4.32 Å². The van der Waals surface area contributed by atoms with Crippen LogP contribution in [0, 0.1) is 0 Å². The molecule has 7 heavy (non-hydrogen) atoms. The summed E-state index contributed by atoms with van der Waals surface area (Å²) in [6, 6.07) is 0. The first-order chi connectivity index (χ1) is 2.64. The van der Waals surface area contributed by atoms with E-state index in [9.17, 15) is 0 Å². The zero-order chi connectivity index (χ0) is 5.15. The number of thiocarbonyl (C=S) groups is 1. The summed E-state index contributed by atoms with van der Waals surface area (Å²) >= 11 is 8.46. The number of thiol groups is 1. The average Bonchev–Trinajstić information content (AvgIpc) is 1.36. The van der Waals surface area contributed by atoms with Gasteiger partial charge >= 0.3 is 26.2 Å². The largest absolute Gasteiger partial charge is 3.00 e. The predicted octanol–water partition coefficient (Wildman–Crippen LogP) is 0.382. The maximum atomic E-state index is 4.61. The van der Waals surface area contributed by atoms with Crippen molar-refractivity contribution in [3.8, 4) is 0 Å². The Kier molecular flexibility index (Phi) is 8.27. The molecule has 0 atom stereocenters. The Labute approximate surface area is 74.0 Å². The molecule has 0 aromatic rings. The van der Waals surface area contributed by atoms with Crippen molar-refractivity contribution in [3.05, 3.63) is 0 Å². The van der Waals surface area contributed by atoms with E-state index in [1.807, 2.05) is 14.1 Å². The van der Waals surface area contributed by atoms with Crippen LogP contribution in [0.15, 0.2) is 0 Å². The fourth-order valence-corrected chi connectivity index (χ4v) is 0. The molecular weight excluding hydrogens is 323 g/mol. The summed E-state index contributed by atoms with van der Waals surface area (Å²) < 4.78 is 0.620. The fraction of sp³-hybridized carbons (Fsp3) is 0.667. The van der Waals surface area contributed by atoms with Crippen LogP contribution in [0.1, 0.15) is 0 Å². The van der Waals surface area contributed by atoms with Gasteiger partial charge in [-0.15, -0.1) is 12.6 Å². The Balaban J connectivity index is 0. The van der Waals surface area contributed by atoms with Gasteiger partial charge in [-0.2, -0.15) is 0 Å². The molecule has 0 rings (SSSR count). The Morgan fingerprint density at radius 3 is 1.71 bits per heavy atom. The molecule has 0 aliphatic rings. The van der Waals surface area contributed by atoms with Crippen LogP contribution in [-0.4, -0.2) is 49.5 Å². The molecule has 0 bridgehead atoms. The normalized spacial score (nSPS) is 6.71. The molecule has 0 aliphatic heterocycles. The van der Waals surface area contributed by atoms with Crippen LogP contribution < -0.4 is 0 Å². The van der Waals surface area contributed by atoms with Crippen LogP contribution >= 0.6 is 24.8 Å². The van der Waals surface area contributed by atoms with E-state index >= 15 is 0 Å². The van der Waals surface area contributed by atoms with Gasteiger partial charge in [0.05, 0.1) is 0 Å². The van der Waals surface area contributed by atoms with Crippen LogP contribution in [0.5, 0.6) is 0 Å². The van der Waals surface area contributed by atoms with Gasteiger partial charge in [-0.05, 0) is 0 Å². The fourth-order valence-electron chi connectivity index (χ4n) is 0. The molecule has 0 N–H and O–H groups in total. The number of nitrogens with zero attached hydrogens (tertiary/aromatic N) is 1.